The molecule has 1 aromatic carbocycles. The van der Waals surface area contributed by atoms with Crippen LogP contribution in [0.4, 0.5) is 0 Å². The molecule has 1 aliphatic heterocycles. The average molecular weight is 361 g/mol. The number of benzene rings is 1. The van der Waals surface area contributed by atoms with E-state index in [1.807, 2.05) is 24.3 Å². The van der Waals surface area contributed by atoms with Crippen molar-refractivity contribution in [3.05, 3.63) is 29.8 Å². The molecule has 6 nitrogen and oxygen atoms in total. The summed E-state index contributed by atoms with van der Waals surface area (Å²) < 4.78 is 5.30. The Morgan fingerprint density at radius 3 is 2.65 bits per heavy atom. The number of nitrogens with zero attached hydrogens (tertiary/aromatic N) is 1. The Balaban J connectivity index is 1.79. The smallest absolute Gasteiger partial charge is 0.221 e. The number of carbonyl (C=O) groups excluding carboxylic acids is 2. The summed E-state index contributed by atoms with van der Waals surface area (Å²) in [4.78, 5) is 25.9. The number of rotatable bonds is 8. The minimum absolute atomic E-state index is 0.0112. The summed E-state index contributed by atoms with van der Waals surface area (Å²) >= 11 is 0. The van der Waals surface area contributed by atoms with E-state index in [1.54, 1.807) is 14.0 Å². The highest BCUT2D eigenvalue weighted by Crippen LogP contribution is 2.24. The highest BCUT2D eigenvalue weighted by molar-refractivity contribution is 5.76. The van der Waals surface area contributed by atoms with Crippen LogP contribution in [-0.2, 0) is 16.1 Å². The van der Waals surface area contributed by atoms with E-state index in [-0.39, 0.29) is 17.9 Å². The van der Waals surface area contributed by atoms with Gasteiger partial charge in [0.15, 0.2) is 0 Å². The van der Waals surface area contributed by atoms with Gasteiger partial charge in [0.05, 0.1) is 7.11 Å². The molecule has 0 radical (unpaired) electrons. The number of carbonyl (C=O) groups is 2. The summed E-state index contributed by atoms with van der Waals surface area (Å²) in [7, 11) is 1.63. The number of hydrogen-bond acceptors (Lipinski definition) is 4. The van der Waals surface area contributed by atoms with Crippen LogP contribution < -0.4 is 15.4 Å². The van der Waals surface area contributed by atoms with Gasteiger partial charge in [0.1, 0.15) is 5.75 Å². The molecule has 0 bridgehead atoms. The number of para-hydroxylation sites is 1. The van der Waals surface area contributed by atoms with Crippen LogP contribution in [0.2, 0.25) is 0 Å². The van der Waals surface area contributed by atoms with E-state index >= 15 is 0 Å². The van der Waals surface area contributed by atoms with Crippen LogP contribution in [0.25, 0.3) is 0 Å². The fraction of sp³-hybridized carbons (Fsp3) is 0.600. The predicted molar refractivity (Wildman–Crippen MR) is 102 cm³/mol. The minimum Gasteiger partial charge on any atom is -0.496 e. The summed E-state index contributed by atoms with van der Waals surface area (Å²) in [5, 5.41) is 6.01. The zero-order chi connectivity index (χ0) is 19.1. The second-order valence-electron chi connectivity index (χ2n) is 7.31. The molecule has 0 saturated carbocycles. The fourth-order valence-corrected chi connectivity index (χ4v) is 3.58. The lowest BCUT2D eigenvalue weighted by molar-refractivity contribution is -0.122. The van der Waals surface area contributed by atoms with E-state index in [1.165, 1.54) is 0 Å². The molecule has 6 heteroatoms. The zero-order valence-corrected chi connectivity index (χ0v) is 16.2. The van der Waals surface area contributed by atoms with E-state index in [9.17, 15) is 9.59 Å². The van der Waals surface area contributed by atoms with Crippen molar-refractivity contribution in [2.24, 2.45) is 11.8 Å². The maximum atomic E-state index is 12.2. The second-order valence-corrected chi connectivity index (χ2v) is 7.31. The Hall–Kier alpha value is -2.08. The van der Waals surface area contributed by atoms with Crippen LogP contribution in [0.3, 0.4) is 0 Å². The monoisotopic (exact) mass is 361 g/mol. The molecule has 1 aromatic rings. The van der Waals surface area contributed by atoms with E-state index in [2.05, 4.69) is 29.4 Å². The molecule has 0 spiro atoms. The first-order chi connectivity index (χ1) is 12.4. The Morgan fingerprint density at radius 1 is 1.27 bits per heavy atom. The molecule has 2 N–H and O–H groups in total. The molecule has 1 heterocycles. The van der Waals surface area contributed by atoms with Gasteiger partial charge in [-0.1, -0.05) is 32.0 Å². The normalized spacial score (nSPS) is 20.2. The van der Waals surface area contributed by atoms with Gasteiger partial charge in [0.2, 0.25) is 11.8 Å². The van der Waals surface area contributed by atoms with Gasteiger partial charge in [-0.3, -0.25) is 9.59 Å². The Bertz CT molecular complexity index is 618. The first-order valence-electron chi connectivity index (χ1n) is 9.28. The third-order valence-corrected chi connectivity index (χ3v) is 5.01. The lowest BCUT2D eigenvalue weighted by atomic mass is 9.91. The van der Waals surface area contributed by atoms with Crippen molar-refractivity contribution in [3.63, 3.8) is 0 Å². The SMILES string of the molecule is COc1ccccc1CNC(=O)CCN1C[C@@H](NC(C)=O)[C@H](C(C)C)C1. The number of ether oxygens (including phenoxy) is 1. The molecular weight excluding hydrogens is 330 g/mol. The number of amides is 2. The molecule has 26 heavy (non-hydrogen) atoms. The topological polar surface area (TPSA) is 70.7 Å². The third kappa shape index (κ3) is 5.73. The molecular formula is C20H31N3O3. The van der Waals surface area contributed by atoms with Crippen molar-refractivity contribution in [2.45, 2.75) is 39.8 Å². The Morgan fingerprint density at radius 2 is 2.00 bits per heavy atom. The van der Waals surface area contributed by atoms with Crippen molar-refractivity contribution in [1.29, 1.82) is 0 Å². The summed E-state index contributed by atoms with van der Waals surface area (Å²) in [5.41, 5.74) is 0.968. The minimum atomic E-state index is 0.0112. The molecule has 1 aliphatic rings. The van der Waals surface area contributed by atoms with Crippen molar-refractivity contribution >= 4 is 11.8 Å². The summed E-state index contributed by atoms with van der Waals surface area (Å²) in [6.07, 6.45) is 0.451. The summed E-state index contributed by atoms with van der Waals surface area (Å²) in [5.74, 6) is 1.74. The average Bonchev–Trinajstić information content (AvgIpc) is 3.00. The molecule has 1 saturated heterocycles. The highest BCUT2D eigenvalue weighted by atomic mass is 16.5. The van der Waals surface area contributed by atoms with Gasteiger partial charge in [-0.25, -0.2) is 0 Å². The van der Waals surface area contributed by atoms with Gasteiger partial charge >= 0.3 is 0 Å². The fourth-order valence-electron chi connectivity index (χ4n) is 3.58. The van der Waals surface area contributed by atoms with Crippen LogP contribution in [0.5, 0.6) is 5.75 Å². The Kier molecular flexibility index (Phi) is 7.45. The predicted octanol–water partition coefficient (Wildman–Crippen LogP) is 1.79. The maximum Gasteiger partial charge on any atom is 0.221 e. The van der Waals surface area contributed by atoms with Crippen LogP contribution in [0, 0.1) is 11.8 Å². The van der Waals surface area contributed by atoms with Crippen molar-refractivity contribution < 1.29 is 14.3 Å². The van der Waals surface area contributed by atoms with Gasteiger partial charge in [-0.05, 0) is 17.9 Å². The zero-order valence-electron chi connectivity index (χ0n) is 16.2. The van der Waals surface area contributed by atoms with Crippen LogP contribution in [-0.4, -0.2) is 49.5 Å². The Labute approximate surface area is 156 Å². The van der Waals surface area contributed by atoms with Gasteiger partial charge in [-0.15, -0.1) is 0 Å². The number of methoxy groups -OCH3 is 1. The quantitative estimate of drug-likeness (QED) is 0.741. The van der Waals surface area contributed by atoms with E-state index in [0.29, 0.717) is 31.3 Å². The summed E-state index contributed by atoms with van der Waals surface area (Å²) in [6.45, 7) is 8.82. The molecule has 2 rings (SSSR count). The highest BCUT2D eigenvalue weighted by Gasteiger charge is 2.34. The standard InChI is InChI=1S/C20H31N3O3/c1-14(2)17-12-23(13-18(17)22-15(3)24)10-9-20(25)21-11-16-7-5-6-8-19(16)26-4/h5-8,14,17-18H,9-13H2,1-4H3,(H,21,25)(H,22,24)/t17-,18+/m0/s1. The molecule has 0 aliphatic carbocycles. The first-order valence-corrected chi connectivity index (χ1v) is 9.28. The molecule has 144 valence electrons. The molecule has 0 aromatic heterocycles. The van der Waals surface area contributed by atoms with Crippen LogP contribution in [0.1, 0.15) is 32.8 Å². The molecule has 2 amide bonds. The van der Waals surface area contributed by atoms with E-state index < -0.39 is 0 Å². The van der Waals surface area contributed by atoms with Crippen LogP contribution in [0.15, 0.2) is 24.3 Å². The maximum absolute atomic E-state index is 12.2. The lowest BCUT2D eigenvalue weighted by Gasteiger charge is -2.22. The number of likely N-dealkylation sites (tertiary alicyclic amines) is 1. The van der Waals surface area contributed by atoms with Gasteiger partial charge < -0.3 is 20.3 Å². The number of hydrogen-bond donors (Lipinski definition) is 2. The lowest BCUT2D eigenvalue weighted by Crippen LogP contribution is -2.41. The first kappa shape index (κ1) is 20.2. The van der Waals surface area contributed by atoms with E-state index in [4.69, 9.17) is 4.74 Å². The van der Waals surface area contributed by atoms with Crippen molar-refractivity contribution in [3.8, 4) is 5.75 Å². The largest absolute Gasteiger partial charge is 0.496 e. The van der Waals surface area contributed by atoms with Gasteiger partial charge in [0, 0.05) is 51.1 Å². The summed E-state index contributed by atoms with van der Waals surface area (Å²) in [6, 6.07) is 7.85. The van der Waals surface area contributed by atoms with Crippen LogP contribution >= 0.6 is 0 Å². The van der Waals surface area contributed by atoms with Gasteiger partial charge in [0.25, 0.3) is 0 Å². The number of nitrogens with one attached hydrogen (secondary N) is 2. The molecule has 2 atom stereocenters. The van der Waals surface area contributed by atoms with Crippen molar-refractivity contribution in [2.75, 3.05) is 26.7 Å². The van der Waals surface area contributed by atoms with E-state index in [0.717, 1.165) is 24.4 Å². The van der Waals surface area contributed by atoms with Gasteiger partial charge in [-0.2, -0.15) is 0 Å². The molecule has 0 unspecified atom stereocenters. The third-order valence-electron chi connectivity index (χ3n) is 5.01. The molecule has 1 fully saturated rings. The van der Waals surface area contributed by atoms with Crippen molar-refractivity contribution in [1.82, 2.24) is 15.5 Å². The second kappa shape index (κ2) is 9.57.